The summed E-state index contributed by atoms with van der Waals surface area (Å²) in [7, 11) is 1.39. The number of hydrogen-bond acceptors (Lipinski definition) is 5. The minimum Gasteiger partial charge on any atom is -0.465 e. The summed E-state index contributed by atoms with van der Waals surface area (Å²) in [5.74, 6) is -0.321. The molecule has 0 amide bonds. The van der Waals surface area contributed by atoms with Crippen molar-refractivity contribution in [3.8, 4) is 0 Å². The summed E-state index contributed by atoms with van der Waals surface area (Å²) in [6.07, 6.45) is 1.84. The SMILES string of the molecule is COC(=O)c1ccc(/C=N/N2CCN(Cc3ccc(C)cc3)CC2)cc1. The molecule has 0 spiro atoms. The predicted octanol–water partition coefficient (Wildman–Crippen LogP) is 2.93. The van der Waals surface area contributed by atoms with Crippen LogP contribution in [-0.2, 0) is 11.3 Å². The molecule has 0 radical (unpaired) electrons. The maximum Gasteiger partial charge on any atom is 0.337 e. The van der Waals surface area contributed by atoms with Crippen LogP contribution in [0.25, 0.3) is 0 Å². The van der Waals surface area contributed by atoms with Crippen molar-refractivity contribution < 1.29 is 9.53 Å². The van der Waals surface area contributed by atoms with Crippen LogP contribution in [0.5, 0.6) is 0 Å². The zero-order valence-corrected chi connectivity index (χ0v) is 15.4. The average molecular weight is 351 g/mol. The molecule has 1 fully saturated rings. The molecule has 2 aromatic rings. The van der Waals surface area contributed by atoms with Gasteiger partial charge in [-0.3, -0.25) is 9.91 Å². The first-order valence-electron chi connectivity index (χ1n) is 8.89. The second kappa shape index (κ2) is 8.63. The molecule has 1 heterocycles. The molecule has 136 valence electrons. The molecule has 0 atom stereocenters. The third kappa shape index (κ3) is 4.92. The van der Waals surface area contributed by atoms with E-state index in [9.17, 15) is 4.79 Å². The monoisotopic (exact) mass is 351 g/mol. The van der Waals surface area contributed by atoms with Gasteiger partial charge in [-0.05, 0) is 30.2 Å². The predicted molar refractivity (Wildman–Crippen MR) is 103 cm³/mol. The lowest BCUT2D eigenvalue weighted by molar-refractivity contribution is 0.0600. The molecular weight excluding hydrogens is 326 g/mol. The average Bonchev–Trinajstić information content (AvgIpc) is 2.69. The van der Waals surface area contributed by atoms with Gasteiger partial charge in [-0.1, -0.05) is 42.0 Å². The molecule has 0 saturated carbocycles. The molecule has 1 aliphatic rings. The Bertz CT molecular complexity index is 746. The fraction of sp³-hybridized carbons (Fsp3) is 0.333. The summed E-state index contributed by atoms with van der Waals surface area (Å²) in [6.45, 7) is 6.96. The Morgan fingerprint density at radius 1 is 1.04 bits per heavy atom. The van der Waals surface area contributed by atoms with Crippen molar-refractivity contribution in [2.24, 2.45) is 5.10 Å². The second-order valence-corrected chi connectivity index (χ2v) is 6.57. The van der Waals surface area contributed by atoms with Gasteiger partial charge in [0.05, 0.1) is 18.9 Å². The zero-order chi connectivity index (χ0) is 18.4. The number of ether oxygens (including phenoxy) is 1. The molecule has 5 heteroatoms. The van der Waals surface area contributed by atoms with Crippen LogP contribution in [0.3, 0.4) is 0 Å². The van der Waals surface area contributed by atoms with Gasteiger partial charge < -0.3 is 4.74 Å². The fourth-order valence-electron chi connectivity index (χ4n) is 2.93. The molecule has 3 rings (SSSR count). The molecule has 1 aliphatic heterocycles. The standard InChI is InChI=1S/C21H25N3O2/c1-17-3-5-19(6-4-17)16-23-11-13-24(14-12-23)22-15-18-7-9-20(10-8-18)21(25)26-2/h3-10,15H,11-14,16H2,1-2H3/b22-15+. The van der Waals surface area contributed by atoms with Crippen molar-refractivity contribution in [1.82, 2.24) is 9.91 Å². The molecule has 0 unspecified atom stereocenters. The number of benzene rings is 2. The number of piperazine rings is 1. The minimum atomic E-state index is -0.321. The summed E-state index contributed by atoms with van der Waals surface area (Å²) in [5.41, 5.74) is 4.18. The summed E-state index contributed by atoms with van der Waals surface area (Å²) in [5, 5.41) is 6.66. The van der Waals surface area contributed by atoms with Gasteiger partial charge in [0.2, 0.25) is 0 Å². The highest BCUT2D eigenvalue weighted by Gasteiger charge is 2.15. The van der Waals surface area contributed by atoms with Crippen molar-refractivity contribution in [2.75, 3.05) is 33.3 Å². The van der Waals surface area contributed by atoms with Crippen LogP contribution in [0.4, 0.5) is 0 Å². The molecule has 0 aliphatic carbocycles. The fourth-order valence-corrected chi connectivity index (χ4v) is 2.93. The van der Waals surface area contributed by atoms with Crippen molar-refractivity contribution >= 4 is 12.2 Å². The van der Waals surface area contributed by atoms with Gasteiger partial charge in [0.15, 0.2) is 0 Å². The summed E-state index contributed by atoms with van der Waals surface area (Å²) in [4.78, 5) is 13.9. The van der Waals surface area contributed by atoms with E-state index in [1.807, 2.05) is 18.3 Å². The Hall–Kier alpha value is -2.66. The molecule has 1 saturated heterocycles. The van der Waals surface area contributed by atoms with E-state index in [2.05, 4.69) is 46.2 Å². The number of carbonyl (C=O) groups is 1. The smallest absolute Gasteiger partial charge is 0.337 e. The number of aryl methyl sites for hydroxylation is 1. The number of hydrogen-bond donors (Lipinski definition) is 0. The lowest BCUT2D eigenvalue weighted by Gasteiger charge is -2.33. The normalized spacial score (nSPS) is 15.4. The van der Waals surface area contributed by atoms with E-state index in [0.29, 0.717) is 5.56 Å². The van der Waals surface area contributed by atoms with E-state index in [-0.39, 0.29) is 5.97 Å². The van der Waals surface area contributed by atoms with E-state index in [1.54, 1.807) is 12.1 Å². The first-order valence-corrected chi connectivity index (χ1v) is 8.89. The molecular formula is C21H25N3O2. The van der Waals surface area contributed by atoms with E-state index >= 15 is 0 Å². The van der Waals surface area contributed by atoms with Crippen molar-refractivity contribution in [1.29, 1.82) is 0 Å². The first kappa shape index (κ1) is 18.1. The van der Waals surface area contributed by atoms with Crippen molar-refractivity contribution in [2.45, 2.75) is 13.5 Å². The molecule has 2 aromatic carbocycles. The lowest BCUT2D eigenvalue weighted by Crippen LogP contribution is -2.43. The number of rotatable bonds is 5. The van der Waals surface area contributed by atoms with Gasteiger partial charge in [-0.25, -0.2) is 4.79 Å². The van der Waals surface area contributed by atoms with Crippen molar-refractivity contribution in [3.63, 3.8) is 0 Å². The minimum absolute atomic E-state index is 0.321. The van der Waals surface area contributed by atoms with E-state index in [1.165, 1.54) is 18.2 Å². The van der Waals surface area contributed by atoms with Crippen molar-refractivity contribution in [3.05, 3.63) is 70.8 Å². The van der Waals surface area contributed by atoms with Gasteiger partial charge in [-0.2, -0.15) is 5.10 Å². The van der Waals surface area contributed by atoms with Gasteiger partial charge in [-0.15, -0.1) is 0 Å². The van der Waals surface area contributed by atoms with E-state index < -0.39 is 0 Å². The maximum atomic E-state index is 11.4. The summed E-state index contributed by atoms with van der Waals surface area (Å²) < 4.78 is 4.70. The van der Waals surface area contributed by atoms with Gasteiger partial charge in [0.1, 0.15) is 0 Å². The Balaban J connectivity index is 1.48. The summed E-state index contributed by atoms with van der Waals surface area (Å²) in [6, 6.07) is 16.0. The van der Waals surface area contributed by atoms with Crippen LogP contribution < -0.4 is 0 Å². The topological polar surface area (TPSA) is 45.1 Å². The Morgan fingerprint density at radius 3 is 2.31 bits per heavy atom. The second-order valence-electron chi connectivity index (χ2n) is 6.57. The highest BCUT2D eigenvalue weighted by atomic mass is 16.5. The van der Waals surface area contributed by atoms with Gasteiger partial charge in [0, 0.05) is 32.7 Å². The lowest BCUT2D eigenvalue weighted by atomic mass is 10.1. The van der Waals surface area contributed by atoms with Crippen LogP contribution in [0.15, 0.2) is 53.6 Å². The number of esters is 1. The van der Waals surface area contributed by atoms with Crippen LogP contribution >= 0.6 is 0 Å². The van der Waals surface area contributed by atoms with Crippen LogP contribution in [0, 0.1) is 6.92 Å². The third-order valence-corrected chi connectivity index (χ3v) is 4.58. The van der Waals surface area contributed by atoms with E-state index in [0.717, 1.165) is 38.3 Å². The van der Waals surface area contributed by atoms with Crippen LogP contribution in [-0.4, -0.2) is 55.4 Å². The molecule has 26 heavy (non-hydrogen) atoms. The maximum absolute atomic E-state index is 11.4. The highest BCUT2D eigenvalue weighted by molar-refractivity contribution is 5.90. The van der Waals surface area contributed by atoms with Gasteiger partial charge in [0.25, 0.3) is 0 Å². The number of hydrazone groups is 1. The van der Waals surface area contributed by atoms with Crippen LogP contribution in [0.2, 0.25) is 0 Å². The number of nitrogens with zero attached hydrogens (tertiary/aromatic N) is 3. The Kier molecular flexibility index (Phi) is 6.02. The van der Waals surface area contributed by atoms with E-state index in [4.69, 9.17) is 4.74 Å². The Morgan fingerprint density at radius 2 is 1.69 bits per heavy atom. The summed E-state index contributed by atoms with van der Waals surface area (Å²) >= 11 is 0. The largest absolute Gasteiger partial charge is 0.465 e. The molecule has 5 nitrogen and oxygen atoms in total. The first-order chi connectivity index (χ1) is 12.6. The molecule has 0 bridgehead atoms. The molecule has 0 aromatic heterocycles. The molecule has 0 N–H and O–H groups in total. The van der Waals surface area contributed by atoms with Crippen LogP contribution in [0.1, 0.15) is 27.0 Å². The zero-order valence-electron chi connectivity index (χ0n) is 15.4. The quantitative estimate of drug-likeness (QED) is 0.614. The number of carbonyl (C=O) groups excluding carboxylic acids is 1. The Labute approximate surface area is 154 Å². The third-order valence-electron chi connectivity index (χ3n) is 4.58. The van der Waals surface area contributed by atoms with Gasteiger partial charge >= 0.3 is 5.97 Å². The highest BCUT2D eigenvalue weighted by Crippen LogP contribution is 2.10. The number of methoxy groups -OCH3 is 1.